The van der Waals surface area contributed by atoms with Gasteiger partial charge >= 0.3 is 5.97 Å². The lowest BCUT2D eigenvalue weighted by molar-refractivity contribution is -0.140. The number of methoxy groups -OCH3 is 1. The molecule has 1 aromatic rings. The van der Waals surface area contributed by atoms with Gasteiger partial charge in [-0.1, -0.05) is 26.0 Å². The van der Waals surface area contributed by atoms with E-state index in [-0.39, 0.29) is 18.0 Å². The number of benzene rings is 1. The maximum absolute atomic E-state index is 12.9. The Morgan fingerprint density at radius 2 is 1.96 bits per heavy atom. The zero-order chi connectivity index (χ0) is 19.3. The molecule has 0 aromatic heterocycles. The first-order valence-electron chi connectivity index (χ1n) is 9.77. The summed E-state index contributed by atoms with van der Waals surface area (Å²) in [6.45, 7) is 4.68. The van der Waals surface area contributed by atoms with Gasteiger partial charge in [0.2, 0.25) is 5.91 Å². The van der Waals surface area contributed by atoms with Gasteiger partial charge in [-0.05, 0) is 42.4 Å². The molecule has 4 rings (SSSR count). The van der Waals surface area contributed by atoms with Gasteiger partial charge < -0.3 is 15.2 Å². The molecular formula is C21H28N2O4. The summed E-state index contributed by atoms with van der Waals surface area (Å²) in [6.07, 6.45) is 3.30. The second kappa shape index (κ2) is 6.51. The molecule has 3 aliphatic rings. The molecule has 1 saturated heterocycles. The Balaban J connectivity index is 1.54. The lowest BCUT2D eigenvalue weighted by Crippen LogP contribution is -2.41. The molecule has 1 aromatic carbocycles. The van der Waals surface area contributed by atoms with E-state index in [9.17, 15) is 14.7 Å². The minimum atomic E-state index is -0.879. The predicted octanol–water partition coefficient (Wildman–Crippen LogP) is 2.45. The number of carbonyl (C=O) groups excluding carboxylic acids is 1. The molecule has 4 atom stereocenters. The number of aliphatic carboxylic acids is 1. The van der Waals surface area contributed by atoms with Crippen LogP contribution in [0.3, 0.4) is 0 Å². The van der Waals surface area contributed by atoms with Gasteiger partial charge in [0.25, 0.3) is 0 Å². The third-order valence-electron chi connectivity index (χ3n) is 6.59. The summed E-state index contributed by atoms with van der Waals surface area (Å²) in [4.78, 5) is 26.8. The lowest BCUT2D eigenvalue weighted by atomic mass is 9.99. The van der Waals surface area contributed by atoms with Gasteiger partial charge in [0.15, 0.2) is 0 Å². The van der Waals surface area contributed by atoms with Crippen molar-refractivity contribution in [1.82, 2.24) is 10.2 Å². The minimum absolute atomic E-state index is 0.00366. The van der Waals surface area contributed by atoms with Crippen molar-refractivity contribution in [3.63, 3.8) is 0 Å². The summed E-state index contributed by atoms with van der Waals surface area (Å²) in [5.74, 6) is -1.22. The van der Waals surface area contributed by atoms with Crippen LogP contribution in [0, 0.1) is 17.3 Å². The first-order valence-corrected chi connectivity index (χ1v) is 9.77. The van der Waals surface area contributed by atoms with Crippen LogP contribution in [0.15, 0.2) is 24.3 Å². The first kappa shape index (κ1) is 18.3. The van der Waals surface area contributed by atoms with Crippen molar-refractivity contribution < 1.29 is 19.4 Å². The van der Waals surface area contributed by atoms with Crippen molar-refractivity contribution in [2.75, 3.05) is 13.7 Å². The average molecular weight is 372 g/mol. The first-order chi connectivity index (χ1) is 12.8. The third-order valence-corrected chi connectivity index (χ3v) is 6.59. The fourth-order valence-corrected chi connectivity index (χ4v) is 4.89. The maximum atomic E-state index is 12.9. The smallest absolute Gasteiger partial charge is 0.307 e. The molecule has 6 nitrogen and oxygen atoms in total. The summed E-state index contributed by atoms with van der Waals surface area (Å²) in [5, 5.41) is 12.6. The van der Waals surface area contributed by atoms with Gasteiger partial charge in [0, 0.05) is 18.6 Å². The van der Waals surface area contributed by atoms with Gasteiger partial charge in [0.1, 0.15) is 5.75 Å². The number of hydrogen-bond donors (Lipinski definition) is 2. The van der Waals surface area contributed by atoms with Crippen molar-refractivity contribution in [1.29, 1.82) is 0 Å². The number of nitrogens with one attached hydrogen (secondary N) is 1. The SMILES string of the molecule is COc1cccc(C2C(NC(=O)[C@@H]3[C@H](C(=O)O)C3(C)C)CCN2C2CC2)c1. The number of likely N-dealkylation sites (tertiary alicyclic amines) is 1. The maximum Gasteiger partial charge on any atom is 0.307 e. The molecule has 0 radical (unpaired) electrons. The van der Waals surface area contributed by atoms with Crippen molar-refractivity contribution in [2.24, 2.45) is 17.3 Å². The Kier molecular flexibility index (Phi) is 4.41. The number of carboxylic acid groups (broad SMARTS) is 1. The zero-order valence-corrected chi connectivity index (χ0v) is 16.1. The second-order valence-electron chi connectivity index (χ2n) is 8.71. The number of carboxylic acids is 1. The average Bonchev–Trinajstić information content (AvgIpc) is 3.52. The summed E-state index contributed by atoms with van der Waals surface area (Å²) in [5.41, 5.74) is 0.671. The highest BCUT2D eigenvalue weighted by Gasteiger charge is 2.66. The molecule has 2 N–H and O–H groups in total. The van der Waals surface area contributed by atoms with Crippen molar-refractivity contribution in [3.05, 3.63) is 29.8 Å². The topological polar surface area (TPSA) is 78.9 Å². The standard InChI is InChI=1S/C21H28N2O4/c1-21(2)16(17(21)20(25)26)19(24)22-15-9-10-23(13-7-8-13)18(15)12-5-4-6-14(11-12)27-3/h4-6,11,13,15-18H,7-10H2,1-3H3,(H,22,24)(H,25,26)/t15?,16-,17+,18?/m0/s1. The molecule has 6 heteroatoms. The molecule has 2 aliphatic carbocycles. The number of carbonyl (C=O) groups is 2. The fourth-order valence-electron chi connectivity index (χ4n) is 4.89. The molecule has 2 unspecified atom stereocenters. The molecule has 0 spiro atoms. The molecule has 2 saturated carbocycles. The van der Waals surface area contributed by atoms with Crippen LogP contribution in [-0.2, 0) is 9.59 Å². The van der Waals surface area contributed by atoms with Gasteiger partial charge in [-0.2, -0.15) is 0 Å². The number of amides is 1. The summed E-state index contributed by atoms with van der Waals surface area (Å²) in [6, 6.07) is 8.75. The van der Waals surface area contributed by atoms with E-state index in [2.05, 4.69) is 16.3 Å². The van der Waals surface area contributed by atoms with E-state index >= 15 is 0 Å². The summed E-state index contributed by atoms with van der Waals surface area (Å²) >= 11 is 0. The Labute approximate surface area is 159 Å². The molecular weight excluding hydrogens is 344 g/mol. The van der Waals surface area contributed by atoms with E-state index in [1.807, 2.05) is 32.0 Å². The van der Waals surface area contributed by atoms with E-state index in [1.165, 1.54) is 12.8 Å². The van der Waals surface area contributed by atoms with E-state index in [4.69, 9.17) is 4.74 Å². The fraction of sp³-hybridized carbons (Fsp3) is 0.619. The quantitative estimate of drug-likeness (QED) is 0.802. The Hall–Kier alpha value is -2.08. The van der Waals surface area contributed by atoms with E-state index < -0.39 is 23.2 Å². The molecule has 0 bridgehead atoms. The van der Waals surface area contributed by atoms with Crippen molar-refractivity contribution >= 4 is 11.9 Å². The molecule has 146 valence electrons. The highest BCUT2D eigenvalue weighted by molar-refractivity contribution is 5.91. The molecule has 3 fully saturated rings. The van der Waals surface area contributed by atoms with Crippen LogP contribution >= 0.6 is 0 Å². The van der Waals surface area contributed by atoms with Crippen LogP contribution in [0.4, 0.5) is 0 Å². The van der Waals surface area contributed by atoms with E-state index in [0.29, 0.717) is 6.04 Å². The highest BCUT2D eigenvalue weighted by atomic mass is 16.5. The van der Waals surface area contributed by atoms with E-state index in [1.54, 1.807) is 7.11 Å². The highest BCUT2D eigenvalue weighted by Crippen LogP contribution is 2.58. The summed E-state index contributed by atoms with van der Waals surface area (Å²) in [7, 11) is 1.66. The van der Waals surface area contributed by atoms with Gasteiger partial charge in [0.05, 0.1) is 25.0 Å². The Morgan fingerprint density at radius 3 is 2.56 bits per heavy atom. The van der Waals surface area contributed by atoms with E-state index in [0.717, 1.165) is 24.3 Å². The van der Waals surface area contributed by atoms with Crippen LogP contribution < -0.4 is 10.1 Å². The normalized spacial score (nSPS) is 32.1. The van der Waals surface area contributed by atoms with Crippen LogP contribution in [0.5, 0.6) is 5.75 Å². The van der Waals surface area contributed by atoms with Crippen molar-refractivity contribution in [3.8, 4) is 5.75 Å². The third kappa shape index (κ3) is 3.20. The minimum Gasteiger partial charge on any atom is -0.497 e. The zero-order valence-electron chi connectivity index (χ0n) is 16.1. The second-order valence-corrected chi connectivity index (χ2v) is 8.71. The van der Waals surface area contributed by atoms with Gasteiger partial charge in [-0.25, -0.2) is 0 Å². The van der Waals surface area contributed by atoms with Gasteiger partial charge in [-0.3, -0.25) is 14.5 Å². The Bertz CT molecular complexity index is 758. The largest absolute Gasteiger partial charge is 0.497 e. The predicted molar refractivity (Wildman–Crippen MR) is 100 cm³/mol. The van der Waals surface area contributed by atoms with Crippen LogP contribution in [0.25, 0.3) is 0 Å². The summed E-state index contributed by atoms with van der Waals surface area (Å²) < 4.78 is 5.39. The lowest BCUT2D eigenvalue weighted by Gasteiger charge is -2.29. The number of hydrogen-bond acceptors (Lipinski definition) is 4. The molecule has 1 heterocycles. The van der Waals surface area contributed by atoms with Crippen LogP contribution in [-0.4, -0.2) is 47.6 Å². The molecule has 27 heavy (non-hydrogen) atoms. The number of ether oxygens (including phenoxy) is 1. The Morgan fingerprint density at radius 1 is 1.22 bits per heavy atom. The molecule has 1 amide bonds. The monoisotopic (exact) mass is 372 g/mol. The van der Waals surface area contributed by atoms with Crippen molar-refractivity contribution in [2.45, 2.75) is 51.2 Å². The number of rotatable bonds is 6. The van der Waals surface area contributed by atoms with Crippen LogP contribution in [0.1, 0.15) is 44.7 Å². The van der Waals surface area contributed by atoms with Gasteiger partial charge in [-0.15, -0.1) is 0 Å². The molecule has 1 aliphatic heterocycles. The van der Waals surface area contributed by atoms with Crippen LogP contribution in [0.2, 0.25) is 0 Å². The number of nitrogens with zero attached hydrogens (tertiary/aromatic N) is 1.